The number of hydrogen-bond acceptors (Lipinski definition) is 5. The van der Waals surface area contributed by atoms with Crippen molar-refractivity contribution in [2.45, 2.75) is 65.2 Å². The first-order valence-electron chi connectivity index (χ1n) is 8.52. The minimum Gasteiger partial charge on any atom is -0.373 e. The summed E-state index contributed by atoms with van der Waals surface area (Å²) in [5.41, 5.74) is 0. The predicted octanol–water partition coefficient (Wildman–Crippen LogP) is 2.99. The lowest BCUT2D eigenvalue weighted by Gasteiger charge is -2.30. The number of piperidine rings is 1. The standard InChI is InChI=1S/C12H23N3O2.2C2H6/c1-14-5-3-11(4-6-14)17-12-7-10(8-13-16)15(2)9-12;2*1-2/h10-12H,3-9H2,1-2H3;2*1-2H3. The first-order chi connectivity index (χ1) is 10.2. The number of hydrogen-bond donors (Lipinski definition) is 0. The second-order valence-electron chi connectivity index (χ2n) is 5.40. The SMILES string of the molecule is CC.CC.CN1CCC(OC2CC(CN=O)N(C)C2)CC1. The van der Waals surface area contributed by atoms with Gasteiger partial charge in [-0.1, -0.05) is 32.9 Å². The lowest BCUT2D eigenvalue weighted by molar-refractivity contribution is -0.0337. The molecule has 21 heavy (non-hydrogen) atoms. The third-order valence-corrected chi connectivity index (χ3v) is 3.99. The number of rotatable bonds is 4. The monoisotopic (exact) mass is 301 g/mol. The Bertz CT molecular complexity index is 256. The Labute approximate surface area is 131 Å². The maximum absolute atomic E-state index is 10.3. The molecule has 2 aliphatic heterocycles. The predicted molar refractivity (Wildman–Crippen MR) is 89.8 cm³/mol. The summed E-state index contributed by atoms with van der Waals surface area (Å²) >= 11 is 0. The van der Waals surface area contributed by atoms with Gasteiger partial charge in [-0.15, -0.1) is 0 Å². The molecule has 2 heterocycles. The molecule has 0 amide bonds. The Morgan fingerprint density at radius 2 is 1.62 bits per heavy atom. The van der Waals surface area contributed by atoms with Crippen molar-refractivity contribution in [2.24, 2.45) is 5.18 Å². The van der Waals surface area contributed by atoms with Gasteiger partial charge in [-0.05, 0) is 33.4 Å². The van der Waals surface area contributed by atoms with Crippen LogP contribution in [0.5, 0.6) is 0 Å². The summed E-state index contributed by atoms with van der Waals surface area (Å²) in [5, 5.41) is 3.01. The molecule has 0 spiro atoms. The molecule has 0 N–H and O–H groups in total. The van der Waals surface area contributed by atoms with Crippen LogP contribution >= 0.6 is 0 Å². The molecule has 0 bridgehead atoms. The van der Waals surface area contributed by atoms with Crippen molar-refractivity contribution < 1.29 is 4.74 Å². The quantitative estimate of drug-likeness (QED) is 0.749. The molecular weight excluding hydrogens is 266 g/mol. The van der Waals surface area contributed by atoms with Crippen molar-refractivity contribution in [1.29, 1.82) is 0 Å². The summed E-state index contributed by atoms with van der Waals surface area (Å²) in [6.45, 7) is 11.6. The summed E-state index contributed by atoms with van der Waals surface area (Å²) in [7, 11) is 4.21. The van der Waals surface area contributed by atoms with Crippen LogP contribution < -0.4 is 0 Å². The lowest BCUT2D eigenvalue weighted by atomic mass is 10.1. The number of nitrogens with zero attached hydrogens (tertiary/aromatic N) is 3. The van der Waals surface area contributed by atoms with Gasteiger partial charge in [0.05, 0.1) is 18.8 Å². The highest BCUT2D eigenvalue weighted by Gasteiger charge is 2.32. The van der Waals surface area contributed by atoms with Gasteiger partial charge in [0.25, 0.3) is 0 Å². The molecule has 0 radical (unpaired) electrons. The Morgan fingerprint density at radius 3 is 2.14 bits per heavy atom. The van der Waals surface area contributed by atoms with E-state index < -0.39 is 0 Å². The molecule has 2 saturated heterocycles. The topological polar surface area (TPSA) is 45.1 Å². The van der Waals surface area contributed by atoms with E-state index in [1.165, 1.54) is 0 Å². The Balaban J connectivity index is 0.000000921. The molecule has 2 rings (SSSR count). The average molecular weight is 301 g/mol. The van der Waals surface area contributed by atoms with E-state index in [2.05, 4.69) is 22.0 Å². The second-order valence-corrected chi connectivity index (χ2v) is 5.40. The third-order valence-electron chi connectivity index (χ3n) is 3.99. The molecule has 5 heteroatoms. The Morgan fingerprint density at radius 1 is 1.05 bits per heavy atom. The van der Waals surface area contributed by atoms with Crippen molar-refractivity contribution in [3.05, 3.63) is 4.91 Å². The molecule has 0 aliphatic carbocycles. The van der Waals surface area contributed by atoms with Crippen LogP contribution in [-0.2, 0) is 4.74 Å². The van der Waals surface area contributed by atoms with Gasteiger partial charge < -0.3 is 9.64 Å². The third kappa shape index (κ3) is 7.34. The van der Waals surface area contributed by atoms with E-state index >= 15 is 0 Å². The maximum Gasteiger partial charge on any atom is 0.0967 e. The molecule has 2 fully saturated rings. The second kappa shape index (κ2) is 12.1. The highest BCUT2D eigenvalue weighted by atomic mass is 16.5. The van der Waals surface area contributed by atoms with E-state index in [-0.39, 0.29) is 6.04 Å². The van der Waals surface area contributed by atoms with Crippen LogP contribution in [-0.4, -0.2) is 68.3 Å². The van der Waals surface area contributed by atoms with Gasteiger partial charge in [0.15, 0.2) is 0 Å². The highest BCUT2D eigenvalue weighted by Crippen LogP contribution is 2.23. The van der Waals surface area contributed by atoms with E-state index in [4.69, 9.17) is 4.74 Å². The maximum atomic E-state index is 10.3. The zero-order chi connectivity index (χ0) is 16.3. The van der Waals surface area contributed by atoms with Gasteiger partial charge in [0.2, 0.25) is 0 Å². The molecule has 0 aromatic carbocycles. The molecular formula is C16H35N3O2. The first-order valence-corrected chi connectivity index (χ1v) is 8.52. The van der Waals surface area contributed by atoms with Crippen LogP contribution in [0.25, 0.3) is 0 Å². The molecule has 2 unspecified atom stereocenters. The van der Waals surface area contributed by atoms with Crippen LogP contribution in [0.15, 0.2) is 5.18 Å². The lowest BCUT2D eigenvalue weighted by Crippen LogP contribution is -2.36. The van der Waals surface area contributed by atoms with Crippen molar-refractivity contribution in [1.82, 2.24) is 9.80 Å². The summed E-state index contributed by atoms with van der Waals surface area (Å²) < 4.78 is 6.14. The van der Waals surface area contributed by atoms with Crippen molar-refractivity contribution in [2.75, 3.05) is 40.3 Å². The van der Waals surface area contributed by atoms with Gasteiger partial charge in [-0.2, -0.15) is 4.91 Å². The smallest absolute Gasteiger partial charge is 0.0967 e. The van der Waals surface area contributed by atoms with E-state index in [0.717, 1.165) is 38.9 Å². The van der Waals surface area contributed by atoms with Crippen molar-refractivity contribution in [3.8, 4) is 0 Å². The first kappa shape index (κ1) is 20.5. The number of nitroso groups, excluding NO2 is 1. The fraction of sp³-hybridized carbons (Fsp3) is 1.00. The van der Waals surface area contributed by atoms with Gasteiger partial charge in [0.1, 0.15) is 0 Å². The molecule has 2 atom stereocenters. The van der Waals surface area contributed by atoms with Crippen LogP contribution in [0.2, 0.25) is 0 Å². The Kier molecular flexibility index (Phi) is 11.8. The zero-order valence-electron chi connectivity index (χ0n) is 14.8. The van der Waals surface area contributed by atoms with Crippen LogP contribution in [0, 0.1) is 4.91 Å². The van der Waals surface area contributed by atoms with Crippen molar-refractivity contribution >= 4 is 0 Å². The van der Waals surface area contributed by atoms with Gasteiger partial charge in [-0.25, -0.2) is 0 Å². The molecule has 0 aromatic heterocycles. The zero-order valence-corrected chi connectivity index (χ0v) is 14.8. The fourth-order valence-electron chi connectivity index (χ4n) is 2.82. The largest absolute Gasteiger partial charge is 0.373 e. The van der Waals surface area contributed by atoms with E-state index in [0.29, 0.717) is 18.8 Å². The molecule has 2 aliphatic rings. The normalized spacial score (nSPS) is 27.3. The van der Waals surface area contributed by atoms with Crippen molar-refractivity contribution in [3.63, 3.8) is 0 Å². The number of ether oxygens (including phenoxy) is 1. The summed E-state index contributed by atoms with van der Waals surface area (Å²) in [6.07, 6.45) is 3.92. The average Bonchev–Trinajstić information content (AvgIpc) is 2.86. The van der Waals surface area contributed by atoms with E-state index in [9.17, 15) is 4.91 Å². The van der Waals surface area contributed by atoms with Crippen LogP contribution in [0.4, 0.5) is 0 Å². The fourth-order valence-corrected chi connectivity index (χ4v) is 2.82. The highest BCUT2D eigenvalue weighted by molar-refractivity contribution is 4.86. The minimum absolute atomic E-state index is 0.281. The van der Waals surface area contributed by atoms with Gasteiger partial charge >= 0.3 is 0 Å². The van der Waals surface area contributed by atoms with Gasteiger partial charge in [-0.3, -0.25) is 4.90 Å². The molecule has 0 saturated carbocycles. The summed E-state index contributed by atoms with van der Waals surface area (Å²) in [5.74, 6) is 0. The molecule has 5 nitrogen and oxygen atoms in total. The number of likely N-dealkylation sites (tertiary alicyclic amines) is 2. The van der Waals surface area contributed by atoms with E-state index in [1.54, 1.807) is 0 Å². The van der Waals surface area contributed by atoms with Gasteiger partial charge in [0, 0.05) is 25.7 Å². The minimum atomic E-state index is 0.281. The summed E-state index contributed by atoms with van der Waals surface area (Å²) in [4.78, 5) is 14.9. The van der Waals surface area contributed by atoms with Crippen LogP contribution in [0.1, 0.15) is 47.0 Å². The molecule has 126 valence electrons. The molecule has 0 aromatic rings. The van der Waals surface area contributed by atoms with E-state index in [1.807, 2.05) is 34.7 Å². The Hall–Kier alpha value is -0.520. The number of likely N-dealkylation sites (N-methyl/N-ethyl adjacent to an activating group) is 1. The van der Waals surface area contributed by atoms with Crippen LogP contribution in [0.3, 0.4) is 0 Å². The summed E-state index contributed by atoms with van der Waals surface area (Å²) in [6, 6.07) is 0.281.